The molecule has 0 atom stereocenters. The SMILES string of the molecule is O=Cc1cn(Cc2ccc(C(=O)O)cc2)c2ccc(Cl)cc12. The molecule has 0 aliphatic carbocycles. The van der Waals surface area contributed by atoms with Crippen LogP contribution in [0.2, 0.25) is 5.02 Å². The molecule has 4 nitrogen and oxygen atoms in total. The van der Waals surface area contributed by atoms with E-state index in [4.69, 9.17) is 16.7 Å². The van der Waals surface area contributed by atoms with E-state index in [2.05, 4.69) is 0 Å². The van der Waals surface area contributed by atoms with Gasteiger partial charge in [0, 0.05) is 34.2 Å². The molecule has 0 spiro atoms. The van der Waals surface area contributed by atoms with Crippen molar-refractivity contribution >= 4 is 34.8 Å². The Hall–Kier alpha value is -2.59. The highest BCUT2D eigenvalue weighted by molar-refractivity contribution is 6.31. The van der Waals surface area contributed by atoms with Gasteiger partial charge in [-0.15, -0.1) is 0 Å². The standard InChI is InChI=1S/C17H12ClNO3/c18-14-5-6-16-15(7-14)13(10-20)9-19(16)8-11-1-3-12(4-2-11)17(21)22/h1-7,9-10H,8H2,(H,21,22). The number of halogens is 1. The summed E-state index contributed by atoms with van der Waals surface area (Å²) < 4.78 is 1.95. The molecule has 0 fully saturated rings. The second-order valence-electron chi connectivity index (χ2n) is 4.99. The molecule has 1 N–H and O–H groups in total. The molecule has 0 radical (unpaired) electrons. The summed E-state index contributed by atoms with van der Waals surface area (Å²) in [6.07, 6.45) is 2.59. The van der Waals surface area contributed by atoms with Crippen LogP contribution in [0.5, 0.6) is 0 Å². The van der Waals surface area contributed by atoms with Crippen LogP contribution in [-0.4, -0.2) is 21.9 Å². The first-order valence-electron chi connectivity index (χ1n) is 6.64. The van der Waals surface area contributed by atoms with Crippen molar-refractivity contribution in [3.8, 4) is 0 Å². The van der Waals surface area contributed by atoms with Crippen molar-refractivity contribution < 1.29 is 14.7 Å². The fourth-order valence-corrected chi connectivity index (χ4v) is 2.64. The summed E-state index contributed by atoms with van der Waals surface area (Å²) in [7, 11) is 0. The predicted molar refractivity (Wildman–Crippen MR) is 84.8 cm³/mol. The van der Waals surface area contributed by atoms with Crippen LogP contribution < -0.4 is 0 Å². The van der Waals surface area contributed by atoms with Gasteiger partial charge in [-0.3, -0.25) is 4.79 Å². The maximum atomic E-state index is 11.2. The van der Waals surface area contributed by atoms with Crippen LogP contribution in [0.1, 0.15) is 26.3 Å². The fourth-order valence-electron chi connectivity index (χ4n) is 2.47. The van der Waals surface area contributed by atoms with Crippen molar-refractivity contribution in [2.24, 2.45) is 0 Å². The van der Waals surface area contributed by atoms with E-state index >= 15 is 0 Å². The minimum Gasteiger partial charge on any atom is -0.478 e. The third kappa shape index (κ3) is 2.61. The predicted octanol–water partition coefficient (Wildman–Crippen LogP) is 3.85. The molecule has 1 heterocycles. The van der Waals surface area contributed by atoms with Gasteiger partial charge in [0.15, 0.2) is 6.29 Å². The van der Waals surface area contributed by atoms with Gasteiger partial charge >= 0.3 is 5.97 Å². The molecule has 3 rings (SSSR count). The summed E-state index contributed by atoms with van der Waals surface area (Å²) in [6.45, 7) is 0.547. The van der Waals surface area contributed by atoms with Crippen LogP contribution in [0.4, 0.5) is 0 Å². The Morgan fingerprint density at radius 1 is 1.18 bits per heavy atom. The number of fused-ring (bicyclic) bond motifs is 1. The number of carboxylic acids is 1. The molecule has 0 aliphatic rings. The molecule has 0 bridgehead atoms. The first kappa shape index (κ1) is 14.4. The van der Waals surface area contributed by atoms with Gasteiger partial charge in [0.25, 0.3) is 0 Å². The van der Waals surface area contributed by atoms with E-state index in [1.54, 1.807) is 42.6 Å². The molecule has 0 saturated heterocycles. The van der Waals surface area contributed by atoms with Crippen LogP contribution in [0.15, 0.2) is 48.7 Å². The average molecular weight is 314 g/mol. The molecule has 0 unspecified atom stereocenters. The summed E-state index contributed by atoms with van der Waals surface area (Å²) in [5, 5.41) is 10.3. The summed E-state index contributed by atoms with van der Waals surface area (Å²) in [4.78, 5) is 22.1. The first-order valence-corrected chi connectivity index (χ1v) is 7.02. The number of aromatic nitrogens is 1. The van der Waals surface area contributed by atoms with E-state index in [9.17, 15) is 9.59 Å². The maximum absolute atomic E-state index is 11.2. The van der Waals surface area contributed by atoms with Crippen LogP contribution in [-0.2, 0) is 6.54 Å². The molecule has 0 aliphatic heterocycles. The van der Waals surface area contributed by atoms with E-state index in [0.717, 1.165) is 22.8 Å². The topological polar surface area (TPSA) is 59.3 Å². The van der Waals surface area contributed by atoms with Gasteiger partial charge in [-0.05, 0) is 35.9 Å². The van der Waals surface area contributed by atoms with Gasteiger partial charge in [-0.1, -0.05) is 23.7 Å². The Balaban J connectivity index is 2.00. The first-order chi connectivity index (χ1) is 10.6. The largest absolute Gasteiger partial charge is 0.478 e. The maximum Gasteiger partial charge on any atom is 0.335 e. The van der Waals surface area contributed by atoms with Crippen molar-refractivity contribution in [3.63, 3.8) is 0 Å². The number of carbonyl (C=O) groups excluding carboxylic acids is 1. The van der Waals surface area contributed by atoms with Crippen molar-refractivity contribution in [1.82, 2.24) is 4.57 Å². The number of carbonyl (C=O) groups is 2. The second-order valence-corrected chi connectivity index (χ2v) is 5.43. The zero-order valence-electron chi connectivity index (χ0n) is 11.5. The zero-order chi connectivity index (χ0) is 15.7. The Bertz CT molecular complexity index is 865. The number of nitrogens with zero attached hydrogens (tertiary/aromatic N) is 1. The van der Waals surface area contributed by atoms with E-state index in [1.165, 1.54) is 0 Å². The summed E-state index contributed by atoms with van der Waals surface area (Å²) in [5.41, 5.74) is 2.70. The molecule has 1 aromatic heterocycles. The lowest BCUT2D eigenvalue weighted by atomic mass is 10.1. The van der Waals surface area contributed by atoms with Gasteiger partial charge in [0.2, 0.25) is 0 Å². The van der Waals surface area contributed by atoms with Crippen molar-refractivity contribution in [2.45, 2.75) is 6.54 Å². The lowest BCUT2D eigenvalue weighted by Crippen LogP contribution is -2.00. The number of aromatic carboxylic acids is 1. The Morgan fingerprint density at radius 2 is 1.91 bits per heavy atom. The van der Waals surface area contributed by atoms with Crippen LogP contribution in [0.3, 0.4) is 0 Å². The number of carboxylic acid groups (broad SMARTS) is 1. The van der Waals surface area contributed by atoms with E-state index < -0.39 is 5.97 Å². The van der Waals surface area contributed by atoms with E-state index in [1.807, 2.05) is 10.6 Å². The Morgan fingerprint density at radius 3 is 2.55 bits per heavy atom. The molecular weight excluding hydrogens is 302 g/mol. The number of aldehydes is 1. The van der Waals surface area contributed by atoms with Crippen molar-refractivity contribution in [3.05, 3.63) is 70.4 Å². The van der Waals surface area contributed by atoms with E-state index in [0.29, 0.717) is 17.1 Å². The van der Waals surface area contributed by atoms with Gasteiger partial charge in [-0.25, -0.2) is 4.79 Å². The van der Waals surface area contributed by atoms with Gasteiger partial charge in [0.1, 0.15) is 0 Å². The lowest BCUT2D eigenvalue weighted by Gasteiger charge is -2.06. The molecule has 5 heteroatoms. The van der Waals surface area contributed by atoms with E-state index in [-0.39, 0.29) is 5.56 Å². The minimum atomic E-state index is -0.948. The molecule has 2 aromatic carbocycles. The Labute approximate surface area is 131 Å². The van der Waals surface area contributed by atoms with Crippen LogP contribution >= 0.6 is 11.6 Å². The van der Waals surface area contributed by atoms with Gasteiger partial charge < -0.3 is 9.67 Å². The minimum absolute atomic E-state index is 0.251. The average Bonchev–Trinajstić information content (AvgIpc) is 2.85. The molecule has 0 saturated carbocycles. The summed E-state index contributed by atoms with van der Waals surface area (Å²) in [5.74, 6) is -0.948. The van der Waals surface area contributed by atoms with Gasteiger partial charge in [-0.2, -0.15) is 0 Å². The number of rotatable bonds is 4. The highest BCUT2D eigenvalue weighted by Crippen LogP contribution is 2.25. The fraction of sp³-hybridized carbons (Fsp3) is 0.0588. The molecule has 22 heavy (non-hydrogen) atoms. The number of benzene rings is 2. The third-order valence-corrected chi connectivity index (χ3v) is 3.79. The summed E-state index contributed by atoms with van der Waals surface area (Å²) in [6, 6.07) is 12.1. The lowest BCUT2D eigenvalue weighted by molar-refractivity contribution is 0.0696. The van der Waals surface area contributed by atoms with Crippen molar-refractivity contribution in [1.29, 1.82) is 0 Å². The second kappa shape index (κ2) is 5.66. The van der Waals surface area contributed by atoms with Gasteiger partial charge in [0.05, 0.1) is 5.56 Å². The number of hydrogen-bond acceptors (Lipinski definition) is 2. The third-order valence-electron chi connectivity index (χ3n) is 3.55. The van der Waals surface area contributed by atoms with Crippen molar-refractivity contribution in [2.75, 3.05) is 0 Å². The highest BCUT2D eigenvalue weighted by atomic mass is 35.5. The van der Waals surface area contributed by atoms with Crippen LogP contribution in [0, 0.1) is 0 Å². The molecule has 110 valence electrons. The zero-order valence-corrected chi connectivity index (χ0v) is 12.2. The van der Waals surface area contributed by atoms with Crippen LogP contribution in [0.25, 0.3) is 10.9 Å². The molecule has 0 amide bonds. The molecule has 3 aromatic rings. The highest BCUT2D eigenvalue weighted by Gasteiger charge is 2.09. The monoisotopic (exact) mass is 313 g/mol. The summed E-state index contributed by atoms with van der Waals surface area (Å²) >= 11 is 5.98. The normalized spacial score (nSPS) is 10.8. The quantitative estimate of drug-likeness (QED) is 0.744. The smallest absolute Gasteiger partial charge is 0.335 e. The Kier molecular flexibility index (Phi) is 3.69. The molecular formula is C17H12ClNO3. The number of hydrogen-bond donors (Lipinski definition) is 1.